The van der Waals surface area contributed by atoms with Crippen molar-refractivity contribution in [1.29, 1.82) is 0 Å². The first kappa shape index (κ1) is 18.9. The molecule has 2 rings (SSSR count). The van der Waals surface area contributed by atoms with Gasteiger partial charge < -0.3 is 15.4 Å². The van der Waals surface area contributed by atoms with Gasteiger partial charge in [-0.2, -0.15) is 0 Å². The van der Waals surface area contributed by atoms with E-state index in [-0.39, 0.29) is 23.3 Å². The molecule has 0 aliphatic rings. The second-order valence-corrected chi connectivity index (χ2v) is 6.32. The van der Waals surface area contributed by atoms with Gasteiger partial charge in [0.25, 0.3) is 0 Å². The molecule has 0 bridgehead atoms. The Balaban J connectivity index is 1.77. The van der Waals surface area contributed by atoms with E-state index in [2.05, 4.69) is 10.6 Å². The predicted octanol–water partition coefficient (Wildman–Crippen LogP) is 3.70. The van der Waals surface area contributed by atoms with Crippen LogP contribution in [0.3, 0.4) is 0 Å². The van der Waals surface area contributed by atoms with Crippen LogP contribution in [-0.4, -0.2) is 29.9 Å². The van der Waals surface area contributed by atoms with Gasteiger partial charge in [0, 0.05) is 5.69 Å². The second-order valence-electron chi connectivity index (χ2n) is 5.33. The monoisotopic (exact) mass is 358 g/mol. The summed E-state index contributed by atoms with van der Waals surface area (Å²) in [6.07, 6.45) is 0. The van der Waals surface area contributed by atoms with Gasteiger partial charge in [-0.25, -0.2) is 0 Å². The summed E-state index contributed by atoms with van der Waals surface area (Å²) in [6.45, 7) is 4.36. The fourth-order valence-electron chi connectivity index (χ4n) is 2.17. The topological polar surface area (TPSA) is 67.4 Å². The number of amides is 2. The summed E-state index contributed by atoms with van der Waals surface area (Å²) in [5.74, 6) is 0.763. The first-order valence-corrected chi connectivity index (χ1v) is 9.20. The molecule has 6 heteroatoms. The maximum absolute atomic E-state index is 12.0. The molecule has 2 N–H and O–H groups in total. The minimum atomic E-state index is -0.166. The van der Waals surface area contributed by atoms with Crippen LogP contribution in [0.2, 0.25) is 0 Å². The third kappa shape index (κ3) is 6.15. The quantitative estimate of drug-likeness (QED) is 0.755. The highest BCUT2D eigenvalue weighted by molar-refractivity contribution is 8.00. The van der Waals surface area contributed by atoms with Gasteiger partial charge in [0.15, 0.2) is 0 Å². The van der Waals surface area contributed by atoms with Crippen LogP contribution >= 0.6 is 11.8 Å². The number of aryl methyl sites for hydroxylation is 1. The van der Waals surface area contributed by atoms with E-state index >= 15 is 0 Å². The number of nitrogens with one attached hydrogen (secondary N) is 2. The number of benzene rings is 2. The van der Waals surface area contributed by atoms with Crippen molar-refractivity contribution in [3.05, 3.63) is 54.1 Å². The lowest BCUT2D eigenvalue weighted by atomic mass is 10.2. The van der Waals surface area contributed by atoms with Crippen LogP contribution in [0, 0.1) is 6.92 Å². The third-order valence-corrected chi connectivity index (χ3v) is 4.28. The van der Waals surface area contributed by atoms with Crippen LogP contribution in [0.5, 0.6) is 5.75 Å². The molecule has 2 aromatic rings. The lowest BCUT2D eigenvalue weighted by Crippen LogP contribution is -2.19. The van der Waals surface area contributed by atoms with Gasteiger partial charge in [-0.15, -0.1) is 11.8 Å². The fraction of sp³-hybridized carbons (Fsp3) is 0.263. The molecular formula is C19H22N2O3S. The van der Waals surface area contributed by atoms with E-state index in [1.807, 2.05) is 56.3 Å². The Morgan fingerprint density at radius 3 is 2.12 bits per heavy atom. The zero-order valence-electron chi connectivity index (χ0n) is 14.4. The number of ether oxygens (including phenoxy) is 1. The Kier molecular flexibility index (Phi) is 7.35. The summed E-state index contributed by atoms with van der Waals surface area (Å²) in [7, 11) is 0. The minimum Gasteiger partial charge on any atom is -0.492 e. The molecule has 25 heavy (non-hydrogen) atoms. The van der Waals surface area contributed by atoms with Gasteiger partial charge >= 0.3 is 0 Å². The zero-order chi connectivity index (χ0) is 18.1. The maximum atomic E-state index is 12.0. The highest BCUT2D eigenvalue weighted by Gasteiger charge is 2.09. The van der Waals surface area contributed by atoms with E-state index < -0.39 is 0 Å². The molecule has 5 nitrogen and oxygen atoms in total. The number of hydrogen-bond acceptors (Lipinski definition) is 4. The molecule has 2 aromatic carbocycles. The van der Waals surface area contributed by atoms with Crippen molar-refractivity contribution in [3.63, 3.8) is 0 Å². The first-order valence-electron chi connectivity index (χ1n) is 8.05. The molecule has 0 aliphatic heterocycles. The smallest absolute Gasteiger partial charge is 0.234 e. The van der Waals surface area contributed by atoms with E-state index in [0.29, 0.717) is 18.0 Å². The predicted molar refractivity (Wildman–Crippen MR) is 103 cm³/mol. The number of carbonyl (C=O) groups excluding carboxylic acids is 2. The van der Waals surface area contributed by atoms with Gasteiger partial charge in [-0.1, -0.05) is 30.3 Å². The highest BCUT2D eigenvalue weighted by atomic mass is 32.2. The van der Waals surface area contributed by atoms with Gasteiger partial charge in [-0.05, 0) is 37.6 Å². The van der Waals surface area contributed by atoms with Crippen LogP contribution in [0.25, 0.3) is 0 Å². The van der Waals surface area contributed by atoms with E-state index in [4.69, 9.17) is 4.74 Å². The Labute approximate surface area is 152 Å². The standard InChI is InChI=1S/C19H22N2O3S/c1-3-24-17-11-7-6-10-16(17)21-19(23)13-25-12-18(22)20-15-9-5-4-8-14(15)2/h4-11H,3,12-13H2,1-2H3,(H,20,22)(H,21,23). The summed E-state index contributed by atoms with van der Waals surface area (Å²) in [5.41, 5.74) is 2.44. The van der Waals surface area contributed by atoms with E-state index in [9.17, 15) is 9.59 Å². The van der Waals surface area contributed by atoms with Crippen molar-refractivity contribution in [2.24, 2.45) is 0 Å². The number of anilines is 2. The van der Waals surface area contributed by atoms with Gasteiger partial charge in [0.1, 0.15) is 5.75 Å². The summed E-state index contributed by atoms with van der Waals surface area (Å²) >= 11 is 1.27. The average Bonchev–Trinajstić information content (AvgIpc) is 2.59. The molecule has 0 atom stereocenters. The van der Waals surface area contributed by atoms with Crippen molar-refractivity contribution in [3.8, 4) is 5.75 Å². The molecule has 0 fully saturated rings. The first-order chi connectivity index (χ1) is 12.1. The normalized spacial score (nSPS) is 10.2. The van der Waals surface area contributed by atoms with Crippen LogP contribution < -0.4 is 15.4 Å². The summed E-state index contributed by atoms with van der Waals surface area (Å²) < 4.78 is 5.47. The van der Waals surface area contributed by atoms with E-state index in [0.717, 1.165) is 11.3 Å². The zero-order valence-corrected chi connectivity index (χ0v) is 15.2. The lowest BCUT2D eigenvalue weighted by molar-refractivity contribution is -0.114. The summed E-state index contributed by atoms with van der Waals surface area (Å²) in [5, 5.41) is 5.66. The molecular weight excluding hydrogens is 336 g/mol. The molecule has 0 heterocycles. The van der Waals surface area contributed by atoms with Crippen LogP contribution in [0.1, 0.15) is 12.5 Å². The number of carbonyl (C=O) groups is 2. The number of para-hydroxylation sites is 3. The largest absolute Gasteiger partial charge is 0.492 e. The van der Waals surface area contributed by atoms with Crippen LogP contribution in [0.15, 0.2) is 48.5 Å². The second kappa shape index (κ2) is 9.74. The van der Waals surface area contributed by atoms with E-state index in [1.165, 1.54) is 11.8 Å². The van der Waals surface area contributed by atoms with Crippen LogP contribution in [0.4, 0.5) is 11.4 Å². The SMILES string of the molecule is CCOc1ccccc1NC(=O)CSCC(=O)Nc1ccccc1C. The van der Waals surface area contributed by atoms with Crippen LogP contribution in [-0.2, 0) is 9.59 Å². The fourth-order valence-corrected chi connectivity index (χ4v) is 2.79. The number of rotatable bonds is 8. The molecule has 0 aromatic heterocycles. The molecule has 132 valence electrons. The van der Waals surface area contributed by atoms with Crippen molar-refractivity contribution < 1.29 is 14.3 Å². The van der Waals surface area contributed by atoms with Gasteiger partial charge in [0.2, 0.25) is 11.8 Å². The average molecular weight is 358 g/mol. The van der Waals surface area contributed by atoms with Crippen molar-refractivity contribution in [2.75, 3.05) is 28.7 Å². The van der Waals surface area contributed by atoms with Crippen molar-refractivity contribution in [2.45, 2.75) is 13.8 Å². The van der Waals surface area contributed by atoms with Crippen molar-refractivity contribution >= 4 is 35.0 Å². The molecule has 0 saturated carbocycles. The summed E-state index contributed by atoms with van der Waals surface area (Å²) in [6, 6.07) is 14.9. The Hall–Kier alpha value is -2.47. The third-order valence-electron chi connectivity index (χ3n) is 3.35. The molecule has 0 radical (unpaired) electrons. The molecule has 0 spiro atoms. The maximum Gasteiger partial charge on any atom is 0.234 e. The minimum absolute atomic E-state index is 0.123. The summed E-state index contributed by atoms with van der Waals surface area (Å²) in [4.78, 5) is 24.0. The molecule has 2 amide bonds. The highest BCUT2D eigenvalue weighted by Crippen LogP contribution is 2.23. The van der Waals surface area contributed by atoms with Gasteiger partial charge in [-0.3, -0.25) is 9.59 Å². The Bertz CT molecular complexity index is 734. The number of thioether (sulfide) groups is 1. The Morgan fingerprint density at radius 1 is 0.920 bits per heavy atom. The van der Waals surface area contributed by atoms with E-state index in [1.54, 1.807) is 6.07 Å². The lowest BCUT2D eigenvalue weighted by Gasteiger charge is -2.11. The molecule has 0 unspecified atom stereocenters. The van der Waals surface area contributed by atoms with Crippen molar-refractivity contribution in [1.82, 2.24) is 0 Å². The molecule has 0 saturated heterocycles. The molecule has 0 aliphatic carbocycles. The number of hydrogen-bond donors (Lipinski definition) is 2. The Morgan fingerprint density at radius 2 is 1.48 bits per heavy atom. The van der Waals surface area contributed by atoms with Gasteiger partial charge in [0.05, 0.1) is 23.8 Å².